The fraction of sp³-hybridized carbons (Fsp3) is 0.300. The number of aromatic nitrogens is 4. The highest BCUT2D eigenvalue weighted by Crippen LogP contribution is 2.09. The third-order valence-corrected chi connectivity index (χ3v) is 2.16. The van der Waals surface area contributed by atoms with Crippen LogP contribution >= 0.6 is 0 Å². The first-order chi connectivity index (χ1) is 7.86. The van der Waals surface area contributed by atoms with E-state index in [4.69, 9.17) is 5.73 Å². The Kier molecular flexibility index (Phi) is 3.32. The number of nitrogens with one attached hydrogen (secondary N) is 2. The zero-order valence-corrected chi connectivity index (χ0v) is 8.85. The van der Waals surface area contributed by atoms with Gasteiger partial charge in [0, 0.05) is 37.8 Å². The Hall–Kier alpha value is -2.11. The van der Waals surface area contributed by atoms with E-state index in [-0.39, 0.29) is 0 Å². The van der Waals surface area contributed by atoms with Gasteiger partial charge in [-0.25, -0.2) is 15.0 Å². The number of nitrogen functional groups attached to an aromatic ring is 1. The molecule has 16 heavy (non-hydrogen) atoms. The van der Waals surface area contributed by atoms with Gasteiger partial charge in [-0.1, -0.05) is 0 Å². The molecule has 0 aliphatic carbocycles. The van der Waals surface area contributed by atoms with Gasteiger partial charge in [-0.15, -0.1) is 0 Å². The van der Waals surface area contributed by atoms with Crippen molar-refractivity contribution < 1.29 is 0 Å². The first kappa shape index (κ1) is 10.4. The van der Waals surface area contributed by atoms with E-state index in [0.717, 1.165) is 25.2 Å². The van der Waals surface area contributed by atoms with Crippen LogP contribution in [0.1, 0.15) is 12.2 Å². The minimum atomic E-state index is 0.431. The standard InChI is InChI=1S/C10H14N6/c11-9-10(16-7-6-14-9)15-3-1-2-8-12-4-5-13-8/h4-7H,1-3H2,(H2,11,14)(H,12,13)(H,15,16). The minimum Gasteiger partial charge on any atom is -0.381 e. The molecule has 0 amide bonds. The summed E-state index contributed by atoms with van der Waals surface area (Å²) in [5.41, 5.74) is 5.64. The van der Waals surface area contributed by atoms with Crippen LogP contribution in [0.25, 0.3) is 0 Å². The molecule has 0 atom stereocenters. The largest absolute Gasteiger partial charge is 0.381 e. The second-order valence-corrected chi connectivity index (χ2v) is 3.36. The van der Waals surface area contributed by atoms with Crippen molar-refractivity contribution in [2.75, 3.05) is 17.6 Å². The van der Waals surface area contributed by atoms with Crippen LogP contribution in [-0.4, -0.2) is 26.5 Å². The number of rotatable bonds is 5. The van der Waals surface area contributed by atoms with Crippen LogP contribution in [0.3, 0.4) is 0 Å². The van der Waals surface area contributed by atoms with Gasteiger partial charge >= 0.3 is 0 Å². The molecule has 84 valence electrons. The summed E-state index contributed by atoms with van der Waals surface area (Å²) in [7, 11) is 0. The highest BCUT2D eigenvalue weighted by molar-refractivity contribution is 5.54. The van der Waals surface area contributed by atoms with Gasteiger partial charge in [0.1, 0.15) is 5.82 Å². The van der Waals surface area contributed by atoms with Gasteiger partial charge in [0.15, 0.2) is 11.6 Å². The number of nitrogens with zero attached hydrogens (tertiary/aromatic N) is 3. The van der Waals surface area contributed by atoms with E-state index in [2.05, 4.69) is 25.3 Å². The molecule has 0 saturated carbocycles. The summed E-state index contributed by atoms with van der Waals surface area (Å²) >= 11 is 0. The van der Waals surface area contributed by atoms with Crippen LogP contribution in [-0.2, 0) is 6.42 Å². The van der Waals surface area contributed by atoms with Crippen LogP contribution in [0.5, 0.6) is 0 Å². The molecular weight excluding hydrogens is 204 g/mol. The maximum absolute atomic E-state index is 5.64. The molecule has 0 radical (unpaired) electrons. The lowest BCUT2D eigenvalue weighted by Crippen LogP contribution is -2.08. The zero-order chi connectivity index (χ0) is 11.2. The molecule has 0 fully saturated rings. The van der Waals surface area contributed by atoms with Crippen molar-refractivity contribution in [1.82, 2.24) is 19.9 Å². The van der Waals surface area contributed by atoms with E-state index >= 15 is 0 Å². The maximum Gasteiger partial charge on any atom is 0.168 e. The van der Waals surface area contributed by atoms with E-state index in [9.17, 15) is 0 Å². The van der Waals surface area contributed by atoms with Crippen LogP contribution in [0.4, 0.5) is 11.6 Å². The fourth-order valence-corrected chi connectivity index (χ4v) is 1.38. The molecule has 0 bridgehead atoms. The Morgan fingerprint density at radius 2 is 2.06 bits per heavy atom. The van der Waals surface area contributed by atoms with Crippen LogP contribution in [0.15, 0.2) is 24.8 Å². The molecule has 0 aromatic carbocycles. The zero-order valence-electron chi connectivity index (χ0n) is 8.85. The Morgan fingerprint density at radius 1 is 1.19 bits per heavy atom. The second kappa shape index (κ2) is 5.11. The monoisotopic (exact) mass is 218 g/mol. The molecule has 6 nitrogen and oxygen atoms in total. The number of imidazole rings is 1. The Balaban J connectivity index is 1.74. The average molecular weight is 218 g/mol. The van der Waals surface area contributed by atoms with Crippen molar-refractivity contribution in [3.05, 3.63) is 30.6 Å². The molecule has 6 heteroatoms. The number of anilines is 2. The van der Waals surface area contributed by atoms with E-state index in [1.54, 1.807) is 18.6 Å². The number of aryl methyl sites for hydroxylation is 1. The van der Waals surface area contributed by atoms with Gasteiger partial charge in [-0.2, -0.15) is 0 Å². The Bertz CT molecular complexity index is 425. The SMILES string of the molecule is Nc1nccnc1NCCCc1ncc[nH]1. The summed E-state index contributed by atoms with van der Waals surface area (Å²) in [6.45, 7) is 0.795. The van der Waals surface area contributed by atoms with Crippen LogP contribution < -0.4 is 11.1 Å². The minimum absolute atomic E-state index is 0.431. The molecule has 2 heterocycles. The molecule has 0 saturated heterocycles. The van der Waals surface area contributed by atoms with E-state index < -0.39 is 0 Å². The van der Waals surface area contributed by atoms with Crippen molar-refractivity contribution in [3.63, 3.8) is 0 Å². The second-order valence-electron chi connectivity index (χ2n) is 3.36. The van der Waals surface area contributed by atoms with Crippen molar-refractivity contribution >= 4 is 11.6 Å². The summed E-state index contributed by atoms with van der Waals surface area (Å²) < 4.78 is 0. The number of nitrogens with two attached hydrogens (primary N) is 1. The lowest BCUT2D eigenvalue weighted by molar-refractivity contribution is 0.813. The molecular formula is C10H14N6. The predicted octanol–water partition coefficient (Wildman–Crippen LogP) is 0.827. The van der Waals surface area contributed by atoms with Crippen molar-refractivity contribution in [2.45, 2.75) is 12.8 Å². The summed E-state index contributed by atoms with van der Waals surface area (Å²) in [6.07, 6.45) is 8.63. The molecule has 2 rings (SSSR count). The molecule has 2 aromatic heterocycles. The number of hydrogen-bond donors (Lipinski definition) is 3. The highest BCUT2D eigenvalue weighted by atomic mass is 15.0. The third kappa shape index (κ3) is 2.69. The summed E-state index contributed by atoms with van der Waals surface area (Å²) in [5.74, 6) is 2.07. The summed E-state index contributed by atoms with van der Waals surface area (Å²) in [6, 6.07) is 0. The average Bonchev–Trinajstić information content (AvgIpc) is 2.79. The third-order valence-electron chi connectivity index (χ3n) is 2.16. The highest BCUT2D eigenvalue weighted by Gasteiger charge is 1.99. The van der Waals surface area contributed by atoms with Gasteiger partial charge in [0.05, 0.1) is 0 Å². The molecule has 0 unspecified atom stereocenters. The topological polar surface area (TPSA) is 92.5 Å². The molecule has 0 aliphatic rings. The molecule has 4 N–H and O–H groups in total. The quantitative estimate of drug-likeness (QED) is 0.646. The van der Waals surface area contributed by atoms with Crippen molar-refractivity contribution in [3.8, 4) is 0 Å². The van der Waals surface area contributed by atoms with Gasteiger partial charge < -0.3 is 16.0 Å². The Morgan fingerprint density at radius 3 is 2.81 bits per heavy atom. The lowest BCUT2D eigenvalue weighted by atomic mass is 10.3. The first-order valence-corrected chi connectivity index (χ1v) is 5.15. The van der Waals surface area contributed by atoms with Crippen molar-refractivity contribution in [2.24, 2.45) is 0 Å². The number of hydrogen-bond acceptors (Lipinski definition) is 5. The fourth-order valence-electron chi connectivity index (χ4n) is 1.38. The maximum atomic E-state index is 5.64. The Labute approximate surface area is 93.3 Å². The van der Waals surface area contributed by atoms with Gasteiger partial charge in [-0.3, -0.25) is 0 Å². The lowest BCUT2D eigenvalue weighted by Gasteiger charge is -2.05. The van der Waals surface area contributed by atoms with Gasteiger partial charge in [0.2, 0.25) is 0 Å². The van der Waals surface area contributed by atoms with E-state index in [1.165, 1.54) is 0 Å². The predicted molar refractivity (Wildman–Crippen MR) is 61.8 cm³/mol. The van der Waals surface area contributed by atoms with Crippen LogP contribution in [0, 0.1) is 0 Å². The smallest absolute Gasteiger partial charge is 0.168 e. The summed E-state index contributed by atoms with van der Waals surface area (Å²) in [4.78, 5) is 15.2. The molecule has 0 aliphatic heterocycles. The number of H-pyrrole nitrogens is 1. The van der Waals surface area contributed by atoms with E-state index in [1.807, 2.05) is 6.20 Å². The molecule has 2 aromatic rings. The normalized spacial score (nSPS) is 10.2. The van der Waals surface area contributed by atoms with Crippen molar-refractivity contribution in [1.29, 1.82) is 0 Å². The van der Waals surface area contributed by atoms with E-state index in [0.29, 0.717) is 11.6 Å². The van der Waals surface area contributed by atoms with Gasteiger partial charge in [0.25, 0.3) is 0 Å². The summed E-state index contributed by atoms with van der Waals surface area (Å²) in [5, 5.41) is 3.14. The number of aromatic amines is 1. The van der Waals surface area contributed by atoms with Gasteiger partial charge in [-0.05, 0) is 6.42 Å². The first-order valence-electron chi connectivity index (χ1n) is 5.15. The van der Waals surface area contributed by atoms with Crippen LogP contribution in [0.2, 0.25) is 0 Å². The molecule has 0 spiro atoms.